The molecule has 0 saturated carbocycles. The first-order chi connectivity index (χ1) is 27.1. The molecule has 1 aliphatic rings. The molecule has 18 heteroatoms. The molecule has 0 heterocycles. The molecule has 0 radical (unpaired) electrons. The smallest absolute Gasteiger partial charge is 0.411 e. The molecule has 0 unspecified atom stereocenters. The summed E-state index contributed by atoms with van der Waals surface area (Å²) >= 11 is 0. The van der Waals surface area contributed by atoms with Crippen molar-refractivity contribution in [1.29, 1.82) is 0 Å². The van der Waals surface area contributed by atoms with Crippen molar-refractivity contribution >= 4 is 76.5 Å². The van der Waals surface area contributed by atoms with Gasteiger partial charge in [0.1, 0.15) is 5.92 Å². The molecule has 286 valence electrons. The quantitative estimate of drug-likeness (QED) is 0.0402. The van der Waals surface area contributed by atoms with E-state index in [1.807, 2.05) is 0 Å². The van der Waals surface area contributed by atoms with Crippen LogP contribution in [0.1, 0.15) is 29.9 Å². The molecule has 6 amide bonds. The number of fused-ring (bicyclic) bond motifs is 3. The van der Waals surface area contributed by atoms with Crippen LogP contribution in [0.15, 0.2) is 94.9 Å². The highest BCUT2D eigenvalue weighted by Gasteiger charge is 2.34. The van der Waals surface area contributed by atoms with E-state index in [4.69, 9.17) is 9.47 Å². The normalized spacial score (nSPS) is 11.9. The maximum absolute atomic E-state index is 12.6. The number of carbonyl (C=O) groups is 5. The molecule has 0 bridgehead atoms. The van der Waals surface area contributed by atoms with Crippen molar-refractivity contribution in [3.63, 3.8) is 0 Å². The second-order valence-electron chi connectivity index (χ2n) is 11.9. The van der Waals surface area contributed by atoms with Crippen LogP contribution in [-0.2, 0) is 23.9 Å². The Morgan fingerprint density at radius 3 is 1.43 bits per heavy atom. The number of aliphatic imine (C=N–C) groups is 2. The molecular formula is C38H34N8O10. The lowest BCUT2D eigenvalue weighted by Crippen LogP contribution is -2.30. The molecule has 4 aromatic carbocycles. The Bertz CT molecular complexity index is 2080. The van der Waals surface area contributed by atoms with Gasteiger partial charge < -0.3 is 35.8 Å². The Morgan fingerprint density at radius 2 is 1.02 bits per heavy atom. The van der Waals surface area contributed by atoms with E-state index in [-0.39, 0.29) is 26.3 Å². The predicted octanol–water partition coefficient (Wildman–Crippen LogP) is 6.34. The minimum Gasteiger partial charge on any atom is -0.481 e. The fourth-order valence-electron chi connectivity index (χ4n) is 5.63. The number of carbonyl (C=O) groups excluding carboxylic acids is 6. The molecule has 0 aliphatic heterocycles. The number of benzene rings is 4. The van der Waals surface area contributed by atoms with Crippen LogP contribution in [0.3, 0.4) is 0 Å². The van der Waals surface area contributed by atoms with Crippen LogP contribution >= 0.6 is 0 Å². The Kier molecular flexibility index (Phi) is 13.6. The van der Waals surface area contributed by atoms with Crippen molar-refractivity contribution < 1.29 is 48.1 Å². The van der Waals surface area contributed by atoms with Gasteiger partial charge in [0.05, 0.1) is 24.6 Å². The first-order valence-electron chi connectivity index (χ1n) is 17.0. The molecule has 1 aliphatic carbocycles. The van der Waals surface area contributed by atoms with Crippen LogP contribution in [0, 0.1) is 0 Å². The van der Waals surface area contributed by atoms with Crippen LogP contribution in [0.2, 0.25) is 0 Å². The summed E-state index contributed by atoms with van der Waals surface area (Å²) in [5, 5.41) is 25.9. The van der Waals surface area contributed by atoms with E-state index < -0.39 is 36.1 Å². The van der Waals surface area contributed by atoms with Crippen LogP contribution < -0.4 is 31.9 Å². The van der Waals surface area contributed by atoms with E-state index in [1.165, 1.54) is 24.3 Å². The van der Waals surface area contributed by atoms with E-state index in [0.717, 1.165) is 0 Å². The van der Waals surface area contributed by atoms with E-state index in [1.54, 1.807) is 72.8 Å². The molecule has 7 N–H and O–H groups in total. The molecule has 0 aromatic heterocycles. The first kappa shape index (κ1) is 39.4. The lowest BCUT2D eigenvalue weighted by atomic mass is 9.96. The number of anilines is 4. The van der Waals surface area contributed by atoms with E-state index >= 15 is 0 Å². The van der Waals surface area contributed by atoms with Gasteiger partial charge in [-0.1, -0.05) is 24.3 Å². The third-order valence-electron chi connectivity index (χ3n) is 7.99. The molecule has 0 saturated heterocycles. The maximum Gasteiger partial charge on any atom is 0.411 e. The number of aliphatic carboxylic acids is 1. The Balaban J connectivity index is 1.04. The molecule has 56 heavy (non-hydrogen) atoms. The van der Waals surface area contributed by atoms with Gasteiger partial charge in [0.2, 0.25) is 12.2 Å². The fraction of sp³-hybridized carbons (Fsp3) is 0.184. The number of hydrogen-bond donors (Lipinski definition) is 7. The van der Waals surface area contributed by atoms with Gasteiger partial charge in [0.15, 0.2) is 0 Å². The van der Waals surface area contributed by atoms with Crippen molar-refractivity contribution in [3.8, 4) is 11.1 Å². The van der Waals surface area contributed by atoms with Crippen LogP contribution in [0.5, 0.6) is 0 Å². The molecule has 0 atom stereocenters. The van der Waals surface area contributed by atoms with Gasteiger partial charge in [0, 0.05) is 35.8 Å². The zero-order valence-corrected chi connectivity index (χ0v) is 29.4. The van der Waals surface area contributed by atoms with Gasteiger partial charge in [-0.25, -0.2) is 28.8 Å². The van der Waals surface area contributed by atoms with Gasteiger partial charge in [-0.05, 0) is 95.8 Å². The Morgan fingerprint density at radius 1 is 0.589 bits per heavy atom. The summed E-state index contributed by atoms with van der Waals surface area (Å²) in [7, 11) is 0. The van der Waals surface area contributed by atoms with Gasteiger partial charge in [-0.15, -0.1) is 0 Å². The number of amides is 6. The number of ether oxygens (including phenoxy) is 2. The highest BCUT2D eigenvalue weighted by Crippen LogP contribution is 2.46. The summed E-state index contributed by atoms with van der Waals surface area (Å²) in [6.07, 6.45) is 1.99. The van der Waals surface area contributed by atoms with Crippen molar-refractivity contribution in [1.82, 2.24) is 10.6 Å². The number of carboxylic acids is 1. The van der Waals surface area contributed by atoms with Crippen LogP contribution in [0.4, 0.5) is 53.3 Å². The summed E-state index contributed by atoms with van der Waals surface area (Å²) in [6, 6.07) is 21.2. The third-order valence-corrected chi connectivity index (χ3v) is 7.99. The number of nitrogens with zero attached hydrogens (tertiary/aromatic N) is 2. The monoisotopic (exact) mass is 762 g/mol. The molecule has 0 fully saturated rings. The largest absolute Gasteiger partial charge is 0.481 e. The van der Waals surface area contributed by atoms with Crippen molar-refractivity contribution in [3.05, 3.63) is 96.1 Å². The summed E-state index contributed by atoms with van der Waals surface area (Å²) in [5.41, 5.74) is 4.35. The van der Waals surface area contributed by atoms with Gasteiger partial charge in [0.25, 0.3) is 0 Å². The lowest BCUT2D eigenvalue weighted by Gasteiger charge is -2.12. The van der Waals surface area contributed by atoms with Crippen molar-refractivity contribution in [2.24, 2.45) is 9.98 Å². The standard InChI is InChI=1S/C38H34N8O10/c47-21-41-23-5-1-7-25(17-23)45-37(53)55-15-3-13-39-35(51)43-27-9-11-29-30-12-10-28(20-32(30)33(34(49)50)31(29)19-27)44-36(52)40-14-4-16-56-38(54)46-26-8-2-6-24(18-26)42-22-48/h1-2,5-12,17-20,33H,3-4,13-16H2,(H,45,53)(H,46,54)(H,49,50)(H2,39,43,51)(H2,40,44,52). The average molecular weight is 763 g/mol. The average Bonchev–Trinajstić information content (AvgIpc) is 3.48. The van der Waals surface area contributed by atoms with E-state index in [2.05, 4.69) is 41.9 Å². The van der Waals surface area contributed by atoms with Crippen molar-refractivity contribution in [2.75, 3.05) is 47.6 Å². The number of rotatable bonds is 15. The maximum atomic E-state index is 12.6. The van der Waals surface area contributed by atoms with Crippen LogP contribution in [0.25, 0.3) is 11.1 Å². The van der Waals surface area contributed by atoms with E-state index in [0.29, 0.717) is 69.2 Å². The number of isocyanates is 2. The van der Waals surface area contributed by atoms with Gasteiger partial charge in [-0.2, -0.15) is 9.98 Å². The van der Waals surface area contributed by atoms with E-state index in [9.17, 15) is 38.7 Å². The number of hydrogen-bond acceptors (Lipinski definition) is 11. The summed E-state index contributed by atoms with van der Waals surface area (Å²) in [4.78, 5) is 89.5. The molecule has 4 aromatic rings. The second-order valence-corrected chi connectivity index (χ2v) is 11.9. The molecular weight excluding hydrogens is 728 g/mol. The lowest BCUT2D eigenvalue weighted by molar-refractivity contribution is -0.137. The second kappa shape index (κ2) is 19.3. The fourth-order valence-corrected chi connectivity index (χ4v) is 5.63. The zero-order valence-electron chi connectivity index (χ0n) is 29.4. The summed E-state index contributed by atoms with van der Waals surface area (Å²) < 4.78 is 10.2. The topological polar surface area (TPSA) is 255 Å². The van der Waals surface area contributed by atoms with Crippen molar-refractivity contribution in [2.45, 2.75) is 18.8 Å². The Hall–Kier alpha value is -7.81. The summed E-state index contributed by atoms with van der Waals surface area (Å²) in [6.45, 7) is 0.343. The molecule has 18 nitrogen and oxygen atoms in total. The number of carboxylic acid groups (broad SMARTS) is 1. The molecule has 0 spiro atoms. The minimum atomic E-state index is -1.12. The minimum absolute atomic E-state index is 0.00264. The predicted molar refractivity (Wildman–Crippen MR) is 203 cm³/mol. The Labute approximate surface area is 318 Å². The zero-order chi connectivity index (χ0) is 39.9. The number of nitrogens with one attached hydrogen (secondary N) is 6. The van der Waals surface area contributed by atoms with Gasteiger partial charge >= 0.3 is 30.2 Å². The van der Waals surface area contributed by atoms with Crippen LogP contribution in [-0.4, -0.2) is 73.8 Å². The molecule has 5 rings (SSSR count). The van der Waals surface area contributed by atoms with Gasteiger partial charge in [-0.3, -0.25) is 15.4 Å². The summed E-state index contributed by atoms with van der Waals surface area (Å²) in [5.74, 6) is -2.19. The number of urea groups is 2. The highest BCUT2D eigenvalue weighted by atomic mass is 16.6. The first-order valence-corrected chi connectivity index (χ1v) is 17.0. The highest BCUT2D eigenvalue weighted by molar-refractivity contribution is 5.97. The SMILES string of the molecule is O=C=Nc1cccc(NC(=O)OCCCNC(=O)Nc2ccc3c(c2)C(C(=O)O)c2cc(NC(=O)NCCCOC(=O)Nc4cccc(N=C=O)c4)ccc2-3)c1. The third kappa shape index (κ3) is 11.1.